The summed E-state index contributed by atoms with van der Waals surface area (Å²) in [5.74, 6) is 0.803. The zero-order valence-corrected chi connectivity index (χ0v) is 12.6. The number of nitriles is 1. The fourth-order valence-electron chi connectivity index (χ4n) is 2.58. The molecule has 21 heavy (non-hydrogen) atoms. The minimum Gasteiger partial charge on any atom is -0.325 e. The standard InChI is InChI=1S/C17H23N3O/c1-2-20(13-14-6-5-7-14)11-10-17(21)19-16-9-4-3-8-15(16)12-18/h3-4,8-9,14H,2,5-7,10-11,13H2,1H3,(H,19,21). The number of carbonyl (C=O) groups is 1. The van der Waals surface area contributed by atoms with E-state index in [9.17, 15) is 4.79 Å². The SMILES string of the molecule is CCN(CCC(=O)Nc1ccccc1C#N)CC1CCC1. The summed E-state index contributed by atoms with van der Waals surface area (Å²) in [5.41, 5.74) is 1.11. The molecule has 1 fully saturated rings. The number of nitrogens with one attached hydrogen (secondary N) is 1. The fourth-order valence-corrected chi connectivity index (χ4v) is 2.58. The Bertz CT molecular complexity index is 517. The number of rotatable bonds is 7. The Morgan fingerprint density at radius 3 is 2.81 bits per heavy atom. The van der Waals surface area contributed by atoms with Crippen molar-refractivity contribution in [2.75, 3.05) is 25.0 Å². The summed E-state index contributed by atoms with van der Waals surface area (Å²) in [5, 5.41) is 11.8. The van der Waals surface area contributed by atoms with Crippen molar-refractivity contribution >= 4 is 11.6 Å². The second-order valence-electron chi connectivity index (χ2n) is 5.65. The zero-order valence-electron chi connectivity index (χ0n) is 12.6. The molecule has 0 atom stereocenters. The summed E-state index contributed by atoms with van der Waals surface area (Å²) in [6, 6.07) is 9.19. The maximum atomic E-state index is 12.0. The molecule has 0 aromatic heterocycles. The minimum absolute atomic E-state index is 0.0234. The molecule has 112 valence electrons. The van der Waals surface area contributed by atoms with Crippen LogP contribution in [0.5, 0.6) is 0 Å². The van der Waals surface area contributed by atoms with E-state index in [0.717, 1.165) is 25.6 Å². The molecular weight excluding hydrogens is 262 g/mol. The first kappa shape index (κ1) is 15.5. The van der Waals surface area contributed by atoms with E-state index in [1.165, 1.54) is 19.3 Å². The summed E-state index contributed by atoms with van der Waals surface area (Å²) in [6.45, 7) is 5.02. The van der Waals surface area contributed by atoms with Crippen LogP contribution in [0.25, 0.3) is 0 Å². The molecule has 0 saturated heterocycles. The van der Waals surface area contributed by atoms with Crippen LogP contribution in [0.4, 0.5) is 5.69 Å². The normalized spacial score (nSPS) is 14.5. The lowest BCUT2D eigenvalue weighted by Gasteiger charge is -2.31. The fraction of sp³-hybridized carbons (Fsp3) is 0.529. The topological polar surface area (TPSA) is 56.1 Å². The van der Waals surface area contributed by atoms with E-state index >= 15 is 0 Å². The largest absolute Gasteiger partial charge is 0.325 e. The van der Waals surface area contributed by atoms with Gasteiger partial charge in [0.2, 0.25) is 5.91 Å². The number of benzene rings is 1. The van der Waals surface area contributed by atoms with E-state index in [-0.39, 0.29) is 5.91 Å². The van der Waals surface area contributed by atoms with Gasteiger partial charge >= 0.3 is 0 Å². The van der Waals surface area contributed by atoms with Crippen LogP contribution in [0.1, 0.15) is 38.2 Å². The molecule has 0 spiro atoms. The summed E-state index contributed by atoms with van der Waals surface area (Å²) >= 11 is 0. The maximum Gasteiger partial charge on any atom is 0.225 e. The molecule has 2 rings (SSSR count). The van der Waals surface area contributed by atoms with Gasteiger partial charge in [-0.2, -0.15) is 5.26 Å². The Hall–Kier alpha value is -1.86. The minimum atomic E-state index is -0.0234. The van der Waals surface area contributed by atoms with E-state index in [4.69, 9.17) is 5.26 Å². The first-order valence-electron chi connectivity index (χ1n) is 7.74. The van der Waals surface area contributed by atoms with E-state index in [2.05, 4.69) is 23.2 Å². The van der Waals surface area contributed by atoms with Crippen molar-refractivity contribution in [1.29, 1.82) is 5.26 Å². The molecule has 0 aliphatic heterocycles. The predicted molar refractivity (Wildman–Crippen MR) is 83.9 cm³/mol. The van der Waals surface area contributed by atoms with Gasteiger partial charge in [-0.3, -0.25) is 4.79 Å². The number of nitrogens with zero attached hydrogens (tertiary/aromatic N) is 2. The van der Waals surface area contributed by atoms with Gasteiger partial charge in [0.15, 0.2) is 0 Å². The third-order valence-electron chi connectivity index (χ3n) is 4.17. The molecule has 1 aliphatic rings. The molecule has 1 amide bonds. The van der Waals surface area contributed by atoms with Crippen LogP contribution in [0, 0.1) is 17.2 Å². The highest BCUT2D eigenvalue weighted by molar-refractivity contribution is 5.92. The average molecular weight is 285 g/mol. The second kappa shape index (κ2) is 7.80. The number of anilines is 1. The Morgan fingerprint density at radius 1 is 1.43 bits per heavy atom. The highest BCUT2D eigenvalue weighted by Crippen LogP contribution is 2.27. The highest BCUT2D eigenvalue weighted by Gasteiger charge is 2.20. The predicted octanol–water partition coefficient (Wildman–Crippen LogP) is 3.01. The number of hydrogen-bond acceptors (Lipinski definition) is 3. The maximum absolute atomic E-state index is 12.0. The van der Waals surface area contributed by atoms with Crippen LogP contribution >= 0.6 is 0 Å². The first-order chi connectivity index (χ1) is 10.2. The van der Waals surface area contributed by atoms with Crippen LogP contribution in [0.15, 0.2) is 24.3 Å². The van der Waals surface area contributed by atoms with Crippen molar-refractivity contribution in [3.05, 3.63) is 29.8 Å². The smallest absolute Gasteiger partial charge is 0.225 e. The number of amides is 1. The number of hydrogen-bond donors (Lipinski definition) is 1. The van der Waals surface area contributed by atoms with Crippen molar-refractivity contribution < 1.29 is 4.79 Å². The highest BCUT2D eigenvalue weighted by atomic mass is 16.1. The zero-order chi connectivity index (χ0) is 15.1. The van der Waals surface area contributed by atoms with Gasteiger partial charge in [-0.05, 0) is 37.4 Å². The van der Waals surface area contributed by atoms with E-state index in [0.29, 0.717) is 17.7 Å². The van der Waals surface area contributed by atoms with Gasteiger partial charge < -0.3 is 10.2 Å². The number of carbonyl (C=O) groups excluding carboxylic acids is 1. The Balaban J connectivity index is 1.79. The third-order valence-corrected chi connectivity index (χ3v) is 4.17. The second-order valence-corrected chi connectivity index (χ2v) is 5.65. The lowest BCUT2D eigenvalue weighted by atomic mass is 9.85. The molecule has 1 aliphatic carbocycles. The van der Waals surface area contributed by atoms with Crippen molar-refractivity contribution in [1.82, 2.24) is 4.90 Å². The van der Waals surface area contributed by atoms with Crippen LogP contribution in [-0.2, 0) is 4.79 Å². The van der Waals surface area contributed by atoms with Gasteiger partial charge in [-0.1, -0.05) is 25.5 Å². The first-order valence-corrected chi connectivity index (χ1v) is 7.74. The molecule has 0 heterocycles. The van der Waals surface area contributed by atoms with Crippen LogP contribution in [-0.4, -0.2) is 30.4 Å². The molecule has 0 bridgehead atoms. The summed E-state index contributed by atoms with van der Waals surface area (Å²) in [7, 11) is 0. The van der Waals surface area contributed by atoms with E-state index in [1.54, 1.807) is 18.2 Å². The van der Waals surface area contributed by atoms with E-state index in [1.807, 2.05) is 6.07 Å². The molecule has 4 heteroatoms. The quantitative estimate of drug-likeness (QED) is 0.838. The molecule has 1 aromatic carbocycles. The summed E-state index contributed by atoms with van der Waals surface area (Å²) in [4.78, 5) is 14.4. The Morgan fingerprint density at radius 2 is 2.19 bits per heavy atom. The van der Waals surface area contributed by atoms with Gasteiger partial charge in [0, 0.05) is 19.5 Å². The van der Waals surface area contributed by atoms with Gasteiger partial charge in [0.1, 0.15) is 6.07 Å². The van der Waals surface area contributed by atoms with E-state index < -0.39 is 0 Å². The summed E-state index contributed by atoms with van der Waals surface area (Å²) < 4.78 is 0. The molecule has 1 aromatic rings. The van der Waals surface area contributed by atoms with Crippen molar-refractivity contribution in [2.24, 2.45) is 5.92 Å². The monoisotopic (exact) mass is 285 g/mol. The Labute approximate surface area is 126 Å². The van der Waals surface area contributed by atoms with Crippen molar-refractivity contribution in [3.8, 4) is 6.07 Å². The van der Waals surface area contributed by atoms with Gasteiger partial charge in [-0.25, -0.2) is 0 Å². The lowest BCUT2D eigenvalue weighted by molar-refractivity contribution is -0.116. The van der Waals surface area contributed by atoms with Crippen molar-refractivity contribution in [2.45, 2.75) is 32.6 Å². The van der Waals surface area contributed by atoms with Gasteiger partial charge in [-0.15, -0.1) is 0 Å². The molecule has 1 N–H and O–H groups in total. The molecule has 1 saturated carbocycles. The molecule has 4 nitrogen and oxygen atoms in total. The third kappa shape index (κ3) is 4.57. The average Bonchev–Trinajstić information content (AvgIpc) is 2.46. The lowest BCUT2D eigenvalue weighted by Crippen LogP contribution is -2.34. The Kier molecular flexibility index (Phi) is 5.77. The van der Waals surface area contributed by atoms with Gasteiger partial charge in [0.05, 0.1) is 11.3 Å². The van der Waals surface area contributed by atoms with Crippen molar-refractivity contribution in [3.63, 3.8) is 0 Å². The summed E-state index contributed by atoms with van der Waals surface area (Å²) in [6.07, 6.45) is 4.49. The molecular formula is C17H23N3O. The molecule has 0 unspecified atom stereocenters. The van der Waals surface area contributed by atoms with Gasteiger partial charge in [0.25, 0.3) is 0 Å². The number of para-hydroxylation sites is 1. The van der Waals surface area contributed by atoms with Crippen LogP contribution in [0.2, 0.25) is 0 Å². The van der Waals surface area contributed by atoms with Crippen LogP contribution < -0.4 is 5.32 Å². The molecule has 0 radical (unpaired) electrons. The van der Waals surface area contributed by atoms with Crippen LogP contribution in [0.3, 0.4) is 0 Å².